The van der Waals surface area contributed by atoms with Gasteiger partial charge in [0, 0.05) is 12.5 Å². The van der Waals surface area contributed by atoms with Gasteiger partial charge < -0.3 is 14.9 Å². The third-order valence-electron chi connectivity index (χ3n) is 1.92. The highest BCUT2D eigenvalue weighted by Crippen LogP contribution is 2.24. The number of halogens is 1. The van der Waals surface area contributed by atoms with E-state index >= 15 is 0 Å². The second-order valence-corrected chi connectivity index (χ2v) is 3.64. The number of rotatable bonds is 4. The monoisotopic (exact) mass is 261 g/mol. The molecule has 0 spiro atoms. The Morgan fingerprint density at radius 2 is 2.43 bits per heavy atom. The fraction of sp³-hybridized carbons (Fsp3) is 0.444. The van der Waals surface area contributed by atoms with E-state index in [2.05, 4.69) is 20.7 Å². The quantitative estimate of drug-likeness (QED) is 0.838. The van der Waals surface area contributed by atoms with Crippen LogP contribution in [0, 0.1) is 0 Å². The number of methoxy groups -OCH3 is 1. The smallest absolute Gasteiger partial charge is 0.306 e. The summed E-state index contributed by atoms with van der Waals surface area (Å²) < 4.78 is 10.5. The SMILES string of the molecule is COC(=O)CC(CN)c1ccc(Br)o1. The second kappa shape index (κ2) is 5.17. The Balaban J connectivity index is 2.67. The lowest BCUT2D eigenvalue weighted by Crippen LogP contribution is -2.16. The van der Waals surface area contributed by atoms with Crippen molar-refractivity contribution < 1.29 is 13.9 Å². The molecule has 1 aromatic heterocycles. The van der Waals surface area contributed by atoms with Crippen molar-refractivity contribution in [1.29, 1.82) is 0 Å². The van der Waals surface area contributed by atoms with E-state index in [-0.39, 0.29) is 18.3 Å². The van der Waals surface area contributed by atoms with Crippen molar-refractivity contribution in [3.63, 3.8) is 0 Å². The van der Waals surface area contributed by atoms with Crippen LogP contribution in [-0.4, -0.2) is 19.6 Å². The first-order valence-electron chi connectivity index (χ1n) is 4.19. The average molecular weight is 262 g/mol. The average Bonchev–Trinajstić information content (AvgIpc) is 2.60. The Morgan fingerprint density at radius 3 is 2.86 bits per heavy atom. The zero-order valence-corrected chi connectivity index (χ0v) is 9.41. The van der Waals surface area contributed by atoms with Gasteiger partial charge in [-0.25, -0.2) is 0 Å². The van der Waals surface area contributed by atoms with E-state index in [1.807, 2.05) is 0 Å². The van der Waals surface area contributed by atoms with Crippen LogP contribution in [0.2, 0.25) is 0 Å². The molecule has 0 bridgehead atoms. The molecule has 1 rings (SSSR count). The van der Waals surface area contributed by atoms with Crippen LogP contribution in [0.5, 0.6) is 0 Å². The molecular weight excluding hydrogens is 250 g/mol. The Morgan fingerprint density at radius 1 is 1.71 bits per heavy atom. The van der Waals surface area contributed by atoms with Gasteiger partial charge in [0.2, 0.25) is 0 Å². The minimum atomic E-state index is -0.284. The van der Waals surface area contributed by atoms with Gasteiger partial charge in [0.1, 0.15) is 5.76 Å². The first-order valence-corrected chi connectivity index (χ1v) is 4.98. The summed E-state index contributed by atoms with van der Waals surface area (Å²) in [5.74, 6) is 0.298. The van der Waals surface area contributed by atoms with Crippen LogP contribution in [0.1, 0.15) is 18.1 Å². The number of hydrogen-bond acceptors (Lipinski definition) is 4. The maximum Gasteiger partial charge on any atom is 0.306 e. The molecule has 1 unspecified atom stereocenters. The van der Waals surface area contributed by atoms with Gasteiger partial charge in [-0.2, -0.15) is 0 Å². The van der Waals surface area contributed by atoms with Crippen molar-refractivity contribution in [2.75, 3.05) is 13.7 Å². The molecule has 5 heteroatoms. The van der Waals surface area contributed by atoms with E-state index in [9.17, 15) is 4.79 Å². The molecule has 0 amide bonds. The Labute approximate surface area is 90.5 Å². The number of carbonyl (C=O) groups is 1. The fourth-order valence-electron chi connectivity index (χ4n) is 1.13. The highest BCUT2D eigenvalue weighted by Gasteiger charge is 2.18. The molecule has 0 saturated carbocycles. The van der Waals surface area contributed by atoms with Crippen molar-refractivity contribution in [2.45, 2.75) is 12.3 Å². The lowest BCUT2D eigenvalue weighted by atomic mass is 10.0. The van der Waals surface area contributed by atoms with Gasteiger partial charge in [0.15, 0.2) is 4.67 Å². The number of furan rings is 1. The summed E-state index contributed by atoms with van der Waals surface area (Å²) in [5.41, 5.74) is 5.53. The second-order valence-electron chi connectivity index (χ2n) is 2.85. The lowest BCUT2D eigenvalue weighted by molar-refractivity contribution is -0.141. The van der Waals surface area contributed by atoms with Crippen LogP contribution in [0.25, 0.3) is 0 Å². The molecule has 0 aliphatic heterocycles. The van der Waals surface area contributed by atoms with E-state index in [0.29, 0.717) is 17.0 Å². The topological polar surface area (TPSA) is 65.5 Å². The molecular formula is C9H12BrNO3. The maximum atomic E-state index is 11.0. The molecule has 0 aliphatic rings. The Hall–Kier alpha value is -0.810. The number of nitrogens with two attached hydrogens (primary N) is 1. The molecule has 2 N–H and O–H groups in total. The predicted molar refractivity (Wildman–Crippen MR) is 54.8 cm³/mol. The van der Waals surface area contributed by atoms with Crippen LogP contribution < -0.4 is 5.73 Å². The van der Waals surface area contributed by atoms with Gasteiger partial charge >= 0.3 is 5.97 Å². The van der Waals surface area contributed by atoms with Crippen molar-refractivity contribution in [3.8, 4) is 0 Å². The van der Waals surface area contributed by atoms with Crippen LogP contribution >= 0.6 is 15.9 Å². The number of esters is 1. The van der Waals surface area contributed by atoms with Crippen LogP contribution in [0.4, 0.5) is 0 Å². The third kappa shape index (κ3) is 2.85. The van der Waals surface area contributed by atoms with Gasteiger partial charge in [-0.15, -0.1) is 0 Å². The van der Waals surface area contributed by atoms with E-state index < -0.39 is 0 Å². The maximum absolute atomic E-state index is 11.0. The number of hydrogen-bond donors (Lipinski definition) is 1. The van der Waals surface area contributed by atoms with E-state index in [0.717, 1.165) is 0 Å². The zero-order chi connectivity index (χ0) is 10.6. The van der Waals surface area contributed by atoms with Gasteiger partial charge in [0.25, 0.3) is 0 Å². The molecule has 1 heterocycles. The Bertz CT molecular complexity index is 311. The van der Waals surface area contributed by atoms with Crippen LogP contribution in [0.3, 0.4) is 0 Å². The van der Waals surface area contributed by atoms with Crippen molar-refractivity contribution >= 4 is 21.9 Å². The first kappa shape index (κ1) is 11.3. The predicted octanol–water partition coefficient (Wildman–Crippen LogP) is 1.65. The summed E-state index contributed by atoms with van der Waals surface area (Å²) in [4.78, 5) is 11.0. The van der Waals surface area contributed by atoms with Gasteiger partial charge in [-0.1, -0.05) is 0 Å². The highest BCUT2D eigenvalue weighted by molar-refractivity contribution is 9.10. The molecule has 0 radical (unpaired) electrons. The lowest BCUT2D eigenvalue weighted by Gasteiger charge is -2.09. The molecule has 78 valence electrons. The van der Waals surface area contributed by atoms with Gasteiger partial charge in [0.05, 0.1) is 13.5 Å². The van der Waals surface area contributed by atoms with E-state index in [4.69, 9.17) is 10.2 Å². The molecule has 4 nitrogen and oxygen atoms in total. The molecule has 0 aromatic carbocycles. The van der Waals surface area contributed by atoms with Gasteiger partial charge in [-0.3, -0.25) is 4.79 Å². The summed E-state index contributed by atoms with van der Waals surface area (Å²) in [5, 5.41) is 0. The zero-order valence-electron chi connectivity index (χ0n) is 7.83. The molecule has 0 saturated heterocycles. The number of ether oxygens (including phenoxy) is 1. The minimum absolute atomic E-state index is 0.117. The van der Waals surface area contributed by atoms with Crippen molar-refractivity contribution in [1.82, 2.24) is 0 Å². The first-order chi connectivity index (χ1) is 6.67. The van der Waals surface area contributed by atoms with E-state index in [1.54, 1.807) is 12.1 Å². The number of carbonyl (C=O) groups excluding carboxylic acids is 1. The molecule has 1 atom stereocenters. The highest BCUT2D eigenvalue weighted by atomic mass is 79.9. The summed E-state index contributed by atoms with van der Waals surface area (Å²) in [6, 6.07) is 3.57. The van der Waals surface area contributed by atoms with Crippen LogP contribution in [-0.2, 0) is 9.53 Å². The Kier molecular flexibility index (Phi) is 4.16. The summed E-state index contributed by atoms with van der Waals surface area (Å²) in [6.45, 7) is 0.356. The summed E-state index contributed by atoms with van der Waals surface area (Å²) >= 11 is 3.19. The van der Waals surface area contributed by atoms with Crippen molar-refractivity contribution in [3.05, 3.63) is 22.6 Å². The third-order valence-corrected chi connectivity index (χ3v) is 2.35. The summed E-state index contributed by atoms with van der Waals surface area (Å²) in [7, 11) is 1.36. The summed E-state index contributed by atoms with van der Waals surface area (Å²) in [6.07, 6.45) is 0.243. The van der Waals surface area contributed by atoms with E-state index in [1.165, 1.54) is 7.11 Å². The van der Waals surface area contributed by atoms with Crippen LogP contribution in [0.15, 0.2) is 21.2 Å². The van der Waals surface area contributed by atoms with Gasteiger partial charge in [-0.05, 0) is 28.1 Å². The normalized spacial score (nSPS) is 12.5. The largest absolute Gasteiger partial charge is 0.469 e. The minimum Gasteiger partial charge on any atom is -0.469 e. The standard InChI is InChI=1S/C9H12BrNO3/c1-13-9(12)4-6(5-11)7-2-3-8(10)14-7/h2-3,6H,4-5,11H2,1H3. The molecule has 1 aromatic rings. The molecule has 0 aliphatic carbocycles. The fourth-order valence-corrected chi connectivity index (χ4v) is 1.45. The van der Waals surface area contributed by atoms with Crippen molar-refractivity contribution in [2.24, 2.45) is 5.73 Å². The molecule has 14 heavy (non-hydrogen) atoms. The molecule has 0 fully saturated rings.